The molecule has 2 N–H and O–H groups in total. The lowest BCUT2D eigenvalue weighted by molar-refractivity contribution is -0.150. The largest absolute Gasteiger partial charge is 0.480 e. The molecule has 45 heavy (non-hydrogen) atoms. The monoisotopic (exact) mass is 634 g/mol. The molecule has 0 aromatic heterocycles. The van der Waals surface area contributed by atoms with Crippen molar-refractivity contribution in [3.8, 4) is 0 Å². The molecule has 0 rings (SSSR count). The first-order valence-electron chi connectivity index (χ1n) is 19.0. The van der Waals surface area contributed by atoms with Gasteiger partial charge in [-0.1, -0.05) is 141 Å². The highest BCUT2D eigenvalue weighted by Crippen LogP contribution is 2.19. The number of carboxylic acid groups (broad SMARTS) is 1. The van der Waals surface area contributed by atoms with Crippen LogP contribution in [0, 0.1) is 0 Å². The molecule has 1 atom stereocenters. The summed E-state index contributed by atoms with van der Waals surface area (Å²) in [6.45, 7) is 4.17. The number of hydrogen-bond acceptors (Lipinski definition) is 4. The highest BCUT2D eigenvalue weighted by Gasteiger charge is 2.14. The molecule has 0 spiro atoms. The standard InChI is InChI=1S/C39H71NO5/c1-3-5-7-9-11-13-14-15-16-17-19-21-26-30-34-39(44)45-36(31-27-23-20-18-12-10-8-6-4-2)32-28-24-22-25-29-33-37(41)40-35-38(42)43/h9,11,14-15,36H,3-8,10,12-13,16-35H2,1-2H3,(H,40,41)(H,42,43)/b11-9-,15-14-. The van der Waals surface area contributed by atoms with E-state index in [2.05, 4.69) is 43.5 Å². The number of ether oxygens (including phenoxy) is 1. The Labute approximate surface area is 277 Å². The Hall–Kier alpha value is -2.11. The topological polar surface area (TPSA) is 92.7 Å². The Bertz CT molecular complexity index is 748. The molecule has 6 nitrogen and oxygen atoms in total. The first kappa shape index (κ1) is 42.9. The van der Waals surface area contributed by atoms with Crippen molar-refractivity contribution in [1.29, 1.82) is 0 Å². The molecule has 0 saturated carbocycles. The number of hydrogen-bond donors (Lipinski definition) is 2. The van der Waals surface area contributed by atoms with Gasteiger partial charge in [-0.25, -0.2) is 0 Å². The smallest absolute Gasteiger partial charge is 0.322 e. The van der Waals surface area contributed by atoms with E-state index in [0.29, 0.717) is 12.8 Å². The van der Waals surface area contributed by atoms with E-state index in [4.69, 9.17) is 9.84 Å². The van der Waals surface area contributed by atoms with Gasteiger partial charge in [-0.05, 0) is 64.2 Å². The van der Waals surface area contributed by atoms with Gasteiger partial charge < -0.3 is 15.2 Å². The summed E-state index contributed by atoms with van der Waals surface area (Å²) in [6.07, 6.45) is 40.0. The lowest BCUT2D eigenvalue weighted by atomic mass is 10.0. The molecular formula is C39H71NO5. The van der Waals surface area contributed by atoms with Gasteiger partial charge in [0.2, 0.25) is 5.91 Å². The molecule has 0 aliphatic rings. The fourth-order valence-corrected chi connectivity index (χ4v) is 5.53. The maximum Gasteiger partial charge on any atom is 0.322 e. The second-order valence-corrected chi connectivity index (χ2v) is 12.8. The predicted octanol–water partition coefficient (Wildman–Crippen LogP) is 11.2. The summed E-state index contributed by atoms with van der Waals surface area (Å²) in [4.78, 5) is 34.8. The third kappa shape index (κ3) is 34.6. The van der Waals surface area contributed by atoms with Gasteiger partial charge in [-0.3, -0.25) is 14.4 Å². The minimum atomic E-state index is -1.02. The number of carbonyl (C=O) groups is 3. The molecule has 0 aromatic carbocycles. The summed E-state index contributed by atoms with van der Waals surface area (Å²) >= 11 is 0. The minimum absolute atomic E-state index is 0.0251. The molecule has 0 aliphatic carbocycles. The first-order valence-corrected chi connectivity index (χ1v) is 19.0. The number of nitrogens with one attached hydrogen (secondary N) is 1. The first-order chi connectivity index (χ1) is 22.0. The van der Waals surface area contributed by atoms with Crippen LogP contribution in [0.1, 0.15) is 194 Å². The van der Waals surface area contributed by atoms with E-state index in [1.807, 2.05) is 0 Å². The molecule has 0 aromatic rings. The number of aliphatic carboxylic acids is 1. The van der Waals surface area contributed by atoms with Gasteiger partial charge in [0.05, 0.1) is 0 Å². The van der Waals surface area contributed by atoms with Crippen LogP contribution in [0.4, 0.5) is 0 Å². The molecule has 0 saturated heterocycles. The van der Waals surface area contributed by atoms with Crippen LogP contribution >= 0.6 is 0 Å². The van der Waals surface area contributed by atoms with Crippen LogP contribution in [0.3, 0.4) is 0 Å². The number of rotatable bonds is 34. The molecule has 0 heterocycles. The summed E-state index contributed by atoms with van der Waals surface area (Å²) in [6, 6.07) is 0. The van der Waals surface area contributed by atoms with Gasteiger partial charge in [0, 0.05) is 12.8 Å². The number of unbranched alkanes of at least 4 members (excludes halogenated alkanes) is 19. The van der Waals surface area contributed by atoms with E-state index in [9.17, 15) is 14.4 Å². The molecular weight excluding hydrogens is 562 g/mol. The van der Waals surface area contributed by atoms with Gasteiger partial charge in [0.15, 0.2) is 0 Å². The van der Waals surface area contributed by atoms with Crippen molar-refractivity contribution in [3.05, 3.63) is 24.3 Å². The third-order valence-electron chi connectivity index (χ3n) is 8.38. The second-order valence-electron chi connectivity index (χ2n) is 12.8. The zero-order chi connectivity index (χ0) is 33.1. The van der Waals surface area contributed by atoms with Gasteiger partial charge in [-0.15, -0.1) is 0 Å². The summed E-state index contributed by atoms with van der Waals surface area (Å²) in [5, 5.41) is 11.1. The third-order valence-corrected chi connectivity index (χ3v) is 8.38. The Morgan fingerprint density at radius 1 is 0.578 bits per heavy atom. The Kier molecular flexibility index (Phi) is 33.1. The van der Waals surface area contributed by atoms with Crippen molar-refractivity contribution >= 4 is 17.8 Å². The summed E-state index contributed by atoms with van der Waals surface area (Å²) in [5.74, 6) is -1.24. The maximum atomic E-state index is 12.7. The molecule has 0 radical (unpaired) electrons. The predicted molar refractivity (Wildman–Crippen MR) is 189 cm³/mol. The van der Waals surface area contributed by atoms with E-state index in [0.717, 1.165) is 77.0 Å². The average Bonchev–Trinajstić information content (AvgIpc) is 3.02. The number of allylic oxidation sites excluding steroid dienone is 4. The highest BCUT2D eigenvalue weighted by atomic mass is 16.5. The van der Waals surface area contributed by atoms with Crippen LogP contribution in [0.2, 0.25) is 0 Å². The van der Waals surface area contributed by atoms with Crippen molar-refractivity contribution < 1.29 is 24.2 Å². The quantitative estimate of drug-likeness (QED) is 0.0418. The van der Waals surface area contributed by atoms with Gasteiger partial charge in [0.1, 0.15) is 12.6 Å². The zero-order valence-corrected chi connectivity index (χ0v) is 29.5. The molecule has 6 heteroatoms. The fourth-order valence-electron chi connectivity index (χ4n) is 5.53. The molecule has 1 unspecified atom stereocenters. The normalized spacial score (nSPS) is 12.2. The van der Waals surface area contributed by atoms with Crippen LogP contribution in [0.15, 0.2) is 24.3 Å². The Balaban J connectivity index is 4.15. The van der Waals surface area contributed by atoms with Crippen molar-refractivity contribution in [2.24, 2.45) is 0 Å². The number of amides is 1. The number of carboxylic acids is 1. The molecule has 0 bridgehead atoms. The molecule has 262 valence electrons. The Morgan fingerprint density at radius 3 is 1.60 bits per heavy atom. The van der Waals surface area contributed by atoms with Crippen LogP contribution in [0.5, 0.6) is 0 Å². The van der Waals surface area contributed by atoms with E-state index in [1.54, 1.807) is 0 Å². The van der Waals surface area contributed by atoms with E-state index in [-0.39, 0.29) is 24.5 Å². The van der Waals surface area contributed by atoms with Gasteiger partial charge in [0.25, 0.3) is 0 Å². The second kappa shape index (κ2) is 34.8. The number of esters is 1. The van der Waals surface area contributed by atoms with Crippen molar-refractivity contribution in [3.63, 3.8) is 0 Å². The van der Waals surface area contributed by atoms with E-state index < -0.39 is 5.97 Å². The molecule has 0 fully saturated rings. The molecule has 0 aliphatic heterocycles. The number of carbonyl (C=O) groups excluding carboxylic acids is 2. The lowest BCUT2D eigenvalue weighted by Gasteiger charge is -2.18. The zero-order valence-electron chi connectivity index (χ0n) is 29.5. The van der Waals surface area contributed by atoms with Crippen molar-refractivity contribution in [2.75, 3.05) is 6.54 Å². The fraction of sp³-hybridized carbons (Fsp3) is 0.821. The average molecular weight is 634 g/mol. The van der Waals surface area contributed by atoms with Crippen LogP contribution in [-0.2, 0) is 19.1 Å². The van der Waals surface area contributed by atoms with Gasteiger partial charge >= 0.3 is 11.9 Å². The lowest BCUT2D eigenvalue weighted by Crippen LogP contribution is -2.28. The minimum Gasteiger partial charge on any atom is -0.480 e. The van der Waals surface area contributed by atoms with Gasteiger partial charge in [-0.2, -0.15) is 0 Å². The highest BCUT2D eigenvalue weighted by molar-refractivity contribution is 5.80. The van der Waals surface area contributed by atoms with E-state index in [1.165, 1.54) is 89.9 Å². The van der Waals surface area contributed by atoms with E-state index >= 15 is 0 Å². The maximum absolute atomic E-state index is 12.7. The van der Waals surface area contributed by atoms with Crippen molar-refractivity contribution in [1.82, 2.24) is 5.32 Å². The van der Waals surface area contributed by atoms with Crippen LogP contribution < -0.4 is 5.32 Å². The molecule has 1 amide bonds. The van der Waals surface area contributed by atoms with Crippen LogP contribution in [0.25, 0.3) is 0 Å². The summed E-state index contributed by atoms with van der Waals surface area (Å²) in [7, 11) is 0. The van der Waals surface area contributed by atoms with Crippen molar-refractivity contribution in [2.45, 2.75) is 200 Å². The summed E-state index contributed by atoms with van der Waals surface area (Å²) < 4.78 is 5.99. The Morgan fingerprint density at radius 2 is 1.04 bits per heavy atom. The summed E-state index contributed by atoms with van der Waals surface area (Å²) in [5.41, 5.74) is 0. The van der Waals surface area contributed by atoms with Crippen LogP contribution in [-0.4, -0.2) is 35.6 Å². The SMILES string of the molecule is CCCC/C=C\C/C=C\CCCCCCCC(=O)OC(CCCCCCCCCCC)CCCCCCCC(=O)NCC(=O)O.